The van der Waals surface area contributed by atoms with Crippen molar-refractivity contribution >= 4 is 24.6 Å². The van der Waals surface area contributed by atoms with Crippen LogP contribution in [0.3, 0.4) is 0 Å². The summed E-state index contributed by atoms with van der Waals surface area (Å²) < 4.78 is 6.11. The van der Waals surface area contributed by atoms with Gasteiger partial charge in [0.2, 0.25) is 0 Å². The summed E-state index contributed by atoms with van der Waals surface area (Å²) in [5.74, 6) is 0. The molecule has 0 aliphatic carbocycles. The summed E-state index contributed by atoms with van der Waals surface area (Å²) in [6.07, 6.45) is 11.3. The van der Waals surface area contributed by atoms with E-state index in [9.17, 15) is 0 Å². The zero-order chi connectivity index (χ0) is 13.4. The van der Waals surface area contributed by atoms with Gasteiger partial charge >= 0.3 is 0 Å². The van der Waals surface area contributed by atoms with Crippen LogP contribution in [0, 0.1) is 0 Å². The standard InChI is InChI=1S/C12H15N6P/c1-16-7-4-13-10(16)19(11-14-5-8-17(11)2)12-15-6-9-18(12)3/h4-9H,1-3H3. The summed E-state index contributed by atoms with van der Waals surface area (Å²) in [4.78, 5) is 13.5. The quantitative estimate of drug-likeness (QED) is 0.613. The van der Waals surface area contributed by atoms with Crippen LogP contribution in [0.4, 0.5) is 0 Å². The van der Waals surface area contributed by atoms with Gasteiger partial charge in [-0.3, -0.25) is 0 Å². The minimum Gasteiger partial charge on any atom is -0.334 e. The highest BCUT2D eigenvalue weighted by atomic mass is 31.1. The molecule has 19 heavy (non-hydrogen) atoms. The van der Waals surface area contributed by atoms with E-state index in [-0.39, 0.29) is 0 Å². The lowest BCUT2D eigenvalue weighted by Crippen LogP contribution is -2.34. The molecule has 6 nitrogen and oxygen atoms in total. The molecule has 0 unspecified atom stereocenters. The second-order valence-corrected chi connectivity index (χ2v) is 6.22. The zero-order valence-electron chi connectivity index (χ0n) is 11.1. The van der Waals surface area contributed by atoms with E-state index < -0.39 is 7.92 Å². The topological polar surface area (TPSA) is 53.5 Å². The molecule has 0 aliphatic rings. The average Bonchev–Trinajstić information content (AvgIpc) is 3.07. The lowest BCUT2D eigenvalue weighted by atomic mass is 10.9. The summed E-state index contributed by atoms with van der Waals surface area (Å²) in [7, 11) is 5.17. The maximum Gasteiger partial charge on any atom is 0.146 e. The van der Waals surface area contributed by atoms with Crippen molar-refractivity contribution in [3.8, 4) is 0 Å². The van der Waals surface area contributed by atoms with E-state index in [1.54, 1.807) is 0 Å². The first-order valence-electron chi connectivity index (χ1n) is 5.90. The highest BCUT2D eigenvalue weighted by molar-refractivity contribution is 7.78. The molecule has 0 saturated carbocycles. The molecular formula is C12H15N6P. The first-order chi connectivity index (χ1) is 9.18. The van der Waals surface area contributed by atoms with E-state index in [0.29, 0.717) is 0 Å². The number of hydrogen-bond donors (Lipinski definition) is 0. The van der Waals surface area contributed by atoms with Gasteiger partial charge in [0, 0.05) is 58.3 Å². The second kappa shape index (κ2) is 4.63. The highest BCUT2D eigenvalue weighted by Gasteiger charge is 2.27. The molecule has 3 aromatic rings. The van der Waals surface area contributed by atoms with E-state index in [2.05, 4.69) is 15.0 Å². The number of nitrogens with zero attached hydrogens (tertiary/aromatic N) is 6. The van der Waals surface area contributed by atoms with Crippen LogP contribution in [0.5, 0.6) is 0 Å². The Morgan fingerprint density at radius 2 is 1.00 bits per heavy atom. The molecule has 7 heteroatoms. The summed E-state index contributed by atoms with van der Waals surface area (Å²) in [5.41, 5.74) is 3.00. The van der Waals surface area contributed by atoms with E-state index in [4.69, 9.17) is 0 Å². The number of imidazole rings is 3. The molecule has 0 aromatic carbocycles. The summed E-state index contributed by atoms with van der Waals surface area (Å²) >= 11 is 0. The molecule has 0 atom stereocenters. The van der Waals surface area contributed by atoms with Gasteiger partial charge in [-0.2, -0.15) is 0 Å². The molecule has 0 aliphatic heterocycles. The highest BCUT2D eigenvalue weighted by Crippen LogP contribution is 2.29. The third kappa shape index (κ3) is 1.98. The fourth-order valence-electron chi connectivity index (χ4n) is 1.99. The molecule has 3 rings (SSSR count). The predicted octanol–water partition coefficient (Wildman–Crippen LogP) is -0.355. The van der Waals surface area contributed by atoms with Crippen molar-refractivity contribution in [1.82, 2.24) is 28.7 Å². The van der Waals surface area contributed by atoms with Crippen LogP contribution in [0.1, 0.15) is 0 Å². The van der Waals surface area contributed by atoms with Crippen molar-refractivity contribution in [2.75, 3.05) is 0 Å². The lowest BCUT2D eigenvalue weighted by molar-refractivity contribution is 0.930. The largest absolute Gasteiger partial charge is 0.334 e. The van der Waals surface area contributed by atoms with Crippen LogP contribution in [0.2, 0.25) is 0 Å². The van der Waals surface area contributed by atoms with E-state index in [1.165, 1.54) is 0 Å². The van der Waals surface area contributed by atoms with Gasteiger partial charge in [-0.1, -0.05) is 0 Å². The van der Waals surface area contributed by atoms with E-state index in [0.717, 1.165) is 16.7 Å². The molecule has 0 saturated heterocycles. The van der Waals surface area contributed by atoms with Crippen LogP contribution in [0.15, 0.2) is 37.2 Å². The Kier molecular flexibility index (Phi) is 2.95. The van der Waals surface area contributed by atoms with Gasteiger partial charge in [0.1, 0.15) is 24.6 Å². The molecule has 0 N–H and O–H groups in total. The normalized spacial score (nSPS) is 11.4. The summed E-state index contributed by atoms with van der Waals surface area (Å²) in [6.45, 7) is 0. The summed E-state index contributed by atoms with van der Waals surface area (Å²) in [5, 5.41) is 0. The van der Waals surface area contributed by atoms with Crippen LogP contribution >= 0.6 is 7.92 Å². The van der Waals surface area contributed by atoms with Crippen molar-refractivity contribution in [3.63, 3.8) is 0 Å². The number of rotatable bonds is 3. The molecule has 0 radical (unpaired) electrons. The Labute approximate surface area is 112 Å². The van der Waals surface area contributed by atoms with Crippen molar-refractivity contribution < 1.29 is 0 Å². The first kappa shape index (κ1) is 12.1. The number of hydrogen-bond acceptors (Lipinski definition) is 3. The van der Waals surface area contributed by atoms with E-state index in [1.807, 2.05) is 72.0 Å². The van der Waals surface area contributed by atoms with Gasteiger partial charge in [0.15, 0.2) is 0 Å². The van der Waals surface area contributed by atoms with Gasteiger partial charge < -0.3 is 13.7 Å². The maximum absolute atomic E-state index is 4.50. The molecule has 3 heterocycles. The Bertz CT molecular complexity index is 599. The van der Waals surface area contributed by atoms with Crippen LogP contribution in [-0.2, 0) is 21.1 Å². The molecule has 3 aromatic heterocycles. The van der Waals surface area contributed by atoms with Gasteiger partial charge in [-0.25, -0.2) is 15.0 Å². The minimum atomic E-state index is -0.842. The molecule has 0 amide bonds. The monoisotopic (exact) mass is 274 g/mol. The van der Waals surface area contributed by atoms with Gasteiger partial charge in [0.25, 0.3) is 0 Å². The third-order valence-corrected chi connectivity index (χ3v) is 5.48. The second-order valence-electron chi connectivity index (χ2n) is 4.35. The molecular weight excluding hydrogens is 259 g/mol. The Hall–Kier alpha value is -1.94. The van der Waals surface area contributed by atoms with Crippen LogP contribution < -0.4 is 16.7 Å². The van der Waals surface area contributed by atoms with Gasteiger partial charge in [-0.05, 0) is 0 Å². The lowest BCUT2D eigenvalue weighted by Gasteiger charge is -2.16. The summed E-state index contributed by atoms with van der Waals surface area (Å²) in [6, 6.07) is 0. The van der Waals surface area contributed by atoms with Crippen LogP contribution in [-0.4, -0.2) is 28.7 Å². The van der Waals surface area contributed by atoms with Crippen molar-refractivity contribution in [1.29, 1.82) is 0 Å². The van der Waals surface area contributed by atoms with Crippen molar-refractivity contribution in [3.05, 3.63) is 37.2 Å². The third-order valence-electron chi connectivity index (χ3n) is 2.99. The fraction of sp³-hybridized carbons (Fsp3) is 0.250. The fourth-order valence-corrected chi connectivity index (χ4v) is 4.22. The maximum atomic E-state index is 4.50. The molecule has 0 bridgehead atoms. The SMILES string of the molecule is Cn1ccnc1P(c1nccn1C)c1nccn1C. The smallest absolute Gasteiger partial charge is 0.146 e. The van der Waals surface area contributed by atoms with Gasteiger partial charge in [-0.15, -0.1) is 0 Å². The Morgan fingerprint density at radius 1 is 0.684 bits per heavy atom. The van der Waals surface area contributed by atoms with Gasteiger partial charge in [0.05, 0.1) is 0 Å². The van der Waals surface area contributed by atoms with Crippen molar-refractivity contribution in [2.24, 2.45) is 21.1 Å². The zero-order valence-corrected chi connectivity index (χ0v) is 12.0. The molecule has 98 valence electrons. The molecule has 0 fully saturated rings. The average molecular weight is 274 g/mol. The minimum absolute atomic E-state index is 0.842. The predicted molar refractivity (Wildman–Crippen MR) is 75.4 cm³/mol. The number of aromatic nitrogens is 6. The van der Waals surface area contributed by atoms with Crippen LogP contribution in [0.25, 0.3) is 0 Å². The van der Waals surface area contributed by atoms with E-state index >= 15 is 0 Å². The number of aryl methyl sites for hydroxylation is 3. The molecule has 0 spiro atoms. The Balaban J connectivity index is 2.20. The van der Waals surface area contributed by atoms with Crippen molar-refractivity contribution in [2.45, 2.75) is 0 Å². The Morgan fingerprint density at radius 3 is 1.21 bits per heavy atom. The first-order valence-corrected chi connectivity index (χ1v) is 7.24.